The monoisotopic (exact) mass is 474 g/mol. The van der Waals surface area contributed by atoms with E-state index >= 15 is 0 Å². The van der Waals surface area contributed by atoms with Gasteiger partial charge in [-0.25, -0.2) is 4.79 Å². The van der Waals surface area contributed by atoms with Gasteiger partial charge in [-0.1, -0.05) is 53.8 Å². The summed E-state index contributed by atoms with van der Waals surface area (Å²) in [4.78, 5) is 38.3. The maximum absolute atomic E-state index is 12.7. The predicted octanol–water partition coefficient (Wildman–Crippen LogP) is 4.75. The molecule has 0 saturated carbocycles. The highest BCUT2D eigenvalue weighted by Gasteiger charge is 2.31. The van der Waals surface area contributed by atoms with Gasteiger partial charge in [0.1, 0.15) is 4.32 Å². The maximum atomic E-state index is 12.7. The molecule has 1 heterocycles. The first-order chi connectivity index (χ1) is 14.9. The molecule has 1 fully saturated rings. The highest BCUT2D eigenvalue weighted by Crippen LogP contribution is 2.32. The number of methoxy groups -OCH3 is 1. The fourth-order valence-electron chi connectivity index (χ4n) is 2.86. The second-order valence-electron chi connectivity index (χ2n) is 6.61. The summed E-state index contributed by atoms with van der Waals surface area (Å²) in [5, 5.41) is 3.32. The van der Waals surface area contributed by atoms with Gasteiger partial charge in [0.15, 0.2) is 0 Å². The van der Waals surface area contributed by atoms with Gasteiger partial charge in [-0.15, -0.1) is 0 Å². The van der Waals surface area contributed by atoms with Gasteiger partial charge < -0.3 is 10.1 Å². The Labute approximate surface area is 194 Å². The number of thioether (sulfide) groups is 1. The van der Waals surface area contributed by atoms with Crippen LogP contribution in [0, 0.1) is 0 Å². The molecule has 3 rings (SSSR count). The summed E-state index contributed by atoms with van der Waals surface area (Å²) in [6.07, 6.45) is 2.45. The van der Waals surface area contributed by atoms with E-state index in [0.717, 1.165) is 5.56 Å². The molecule has 1 N–H and O–H groups in total. The Bertz CT molecular complexity index is 1050. The Kier molecular flexibility index (Phi) is 7.84. The number of halogens is 1. The van der Waals surface area contributed by atoms with Crippen LogP contribution >= 0.6 is 35.6 Å². The zero-order valence-corrected chi connectivity index (χ0v) is 19.0. The summed E-state index contributed by atoms with van der Waals surface area (Å²) >= 11 is 12.5. The molecule has 6 nitrogen and oxygen atoms in total. The predicted molar refractivity (Wildman–Crippen MR) is 127 cm³/mol. The fraction of sp³-hybridized carbons (Fsp3) is 0.182. The first-order valence-electron chi connectivity index (χ1n) is 9.36. The lowest BCUT2D eigenvalue weighted by molar-refractivity contribution is -0.122. The van der Waals surface area contributed by atoms with Crippen LogP contribution in [0.3, 0.4) is 0 Å². The van der Waals surface area contributed by atoms with Gasteiger partial charge >= 0.3 is 5.97 Å². The maximum Gasteiger partial charge on any atom is 0.337 e. The second-order valence-corrected chi connectivity index (χ2v) is 8.72. The summed E-state index contributed by atoms with van der Waals surface area (Å²) < 4.78 is 5.13. The van der Waals surface area contributed by atoms with E-state index in [4.69, 9.17) is 23.8 Å². The summed E-state index contributed by atoms with van der Waals surface area (Å²) in [7, 11) is 1.32. The van der Waals surface area contributed by atoms with Crippen LogP contribution in [0.15, 0.2) is 53.4 Å². The van der Waals surface area contributed by atoms with Crippen molar-refractivity contribution in [3.8, 4) is 0 Å². The lowest BCUT2D eigenvalue weighted by Gasteiger charge is -2.14. The van der Waals surface area contributed by atoms with Gasteiger partial charge in [0.25, 0.3) is 5.91 Å². The van der Waals surface area contributed by atoms with Crippen molar-refractivity contribution in [3.63, 3.8) is 0 Å². The number of ether oxygens (including phenoxy) is 1. The summed E-state index contributed by atoms with van der Waals surface area (Å²) in [5.41, 5.74) is 1.83. The average Bonchev–Trinajstić information content (AvgIpc) is 3.01. The molecule has 0 unspecified atom stereocenters. The number of carbonyl (C=O) groups excluding carboxylic acids is 3. The first kappa shape index (κ1) is 23.0. The van der Waals surface area contributed by atoms with Crippen LogP contribution in [0.5, 0.6) is 0 Å². The zero-order valence-electron chi connectivity index (χ0n) is 16.6. The Morgan fingerprint density at radius 1 is 1.23 bits per heavy atom. The molecule has 0 radical (unpaired) electrons. The van der Waals surface area contributed by atoms with Crippen LogP contribution in [-0.2, 0) is 14.3 Å². The number of carbonyl (C=O) groups is 3. The third-order valence-electron chi connectivity index (χ3n) is 4.40. The molecule has 1 saturated heterocycles. The first-order valence-corrected chi connectivity index (χ1v) is 11.0. The van der Waals surface area contributed by atoms with Crippen molar-refractivity contribution in [1.82, 2.24) is 4.90 Å². The van der Waals surface area contributed by atoms with Crippen molar-refractivity contribution in [1.29, 1.82) is 0 Å². The van der Waals surface area contributed by atoms with Gasteiger partial charge in [-0.2, -0.15) is 0 Å². The van der Waals surface area contributed by atoms with E-state index in [1.807, 2.05) is 0 Å². The van der Waals surface area contributed by atoms with Gasteiger partial charge in [0, 0.05) is 23.7 Å². The number of hydrogen-bond acceptors (Lipinski definition) is 6. The van der Waals surface area contributed by atoms with Crippen LogP contribution in [0.1, 0.15) is 28.8 Å². The molecule has 2 aromatic carbocycles. The third kappa shape index (κ3) is 6.16. The van der Waals surface area contributed by atoms with Crippen LogP contribution in [0.2, 0.25) is 5.02 Å². The number of hydrogen-bond donors (Lipinski definition) is 1. The normalized spacial score (nSPS) is 14.8. The third-order valence-corrected chi connectivity index (χ3v) is 6.01. The van der Waals surface area contributed by atoms with E-state index < -0.39 is 5.97 Å². The topological polar surface area (TPSA) is 75.7 Å². The molecule has 1 aliphatic heterocycles. The molecule has 31 heavy (non-hydrogen) atoms. The van der Waals surface area contributed by atoms with E-state index in [9.17, 15) is 14.4 Å². The lowest BCUT2D eigenvalue weighted by atomic mass is 10.1. The number of nitrogens with one attached hydrogen (secondary N) is 1. The molecule has 2 aromatic rings. The van der Waals surface area contributed by atoms with Crippen molar-refractivity contribution < 1.29 is 19.1 Å². The molecule has 2 amide bonds. The largest absolute Gasteiger partial charge is 0.465 e. The lowest BCUT2D eigenvalue weighted by Crippen LogP contribution is -2.29. The van der Waals surface area contributed by atoms with Crippen molar-refractivity contribution in [3.05, 3.63) is 69.6 Å². The van der Waals surface area contributed by atoms with Crippen molar-refractivity contribution in [2.75, 3.05) is 19.0 Å². The molecule has 0 bridgehead atoms. The smallest absolute Gasteiger partial charge is 0.337 e. The number of esters is 1. The molecule has 9 heteroatoms. The zero-order chi connectivity index (χ0) is 22.4. The van der Waals surface area contributed by atoms with Crippen LogP contribution in [-0.4, -0.2) is 40.7 Å². The average molecular weight is 475 g/mol. The Morgan fingerprint density at radius 2 is 1.97 bits per heavy atom. The van der Waals surface area contributed by atoms with Crippen LogP contribution < -0.4 is 5.32 Å². The fourth-order valence-corrected chi connectivity index (χ4v) is 4.36. The SMILES string of the molecule is COC(=O)c1ccc(/C=C2\SC(=S)N(CCCC(=O)Nc3cccc(Cl)c3)C2=O)cc1. The minimum Gasteiger partial charge on any atom is -0.465 e. The van der Waals surface area contributed by atoms with E-state index in [1.54, 1.807) is 54.6 Å². The van der Waals surface area contributed by atoms with Gasteiger partial charge in [-0.3, -0.25) is 14.5 Å². The molecular formula is C22H19ClN2O4S2. The Morgan fingerprint density at radius 3 is 2.65 bits per heavy atom. The molecule has 1 aliphatic rings. The number of amides is 2. The van der Waals surface area contributed by atoms with Crippen molar-refractivity contribution in [2.45, 2.75) is 12.8 Å². The Balaban J connectivity index is 1.54. The summed E-state index contributed by atoms with van der Waals surface area (Å²) in [6.45, 7) is 0.353. The minimum atomic E-state index is -0.419. The number of thiocarbonyl (C=S) groups is 1. The second kappa shape index (κ2) is 10.6. The van der Waals surface area contributed by atoms with Gasteiger partial charge in [0.05, 0.1) is 17.6 Å². The van der Waals surface area contributed by atoms with E-state index in [0.29, 0.717) is 38.5 Å². The molecular weight excluding hydrogens is 456 g/mol. The summed E-state index contributed by atoms with van der Waals surface area (Å²) in [5.74, 6) is -0.770. The van der Waals surface area contributed by atoms with E-state index in [1.165, 1.54) is 23.8 Å². The highest BCUT2D eigenvalue weighted by atomic mass is 35.5. The Hall–Kier alpha value is -2.68. The number of benzene rings is 2. The van der Waals surface area contributed by atoms with Crippen molar-refractivity contribution >= 4 is 69.4 Å². The number of anilines is 1. The summed E-state index contributed by atoms with van der Waals surface area (Å²) in [6, 6.07) is 13.7. The van der Waals surface area contributed by atoms with Gasteiger partial charge in [0.2, 0.25) is 5.91 Å². The van der Waals surface area contributed by atoms with Crippen LogP contribution in [0.4, 0.5) is 5.69 Å². The standard InChI is InChI=1S/C22H19ClN2O4S2/c1-29-21(28)15-9-7-14(8-10-15)12-18-20(27)25(22(30)31-18)11-3-6-19(26)24-17-5-2-4-16(23)13-17/h2,4-5,7-10,12-13H,3,6,11H2,1H3,(H,24,26)/b18-12-. The van der Waals surface area contributed by atoms with Gasteiger partial charge in [-0.05, 0) is 48.4 Å². The molecule has 0 atom stereocenters. The quantitative estimate of drug-likeness (QED) is 0.354. The van der Waals surface area contributed by atoms with E-state index in [2.05, 4.69) is 10.1 Å². The highest BCUT2D eigenvalue weighted by molar-refractivity contribution is 8.26. The number of rotatable bonds is 7. The van der Waals surface area contributed by atoms with E-state index in [-0.39, 0.29) is 18.2 Å². The molecule has 160 valence electrons. The molecule has 0 aromatic heterocycles. The number of nitrogens with zero attached hydrogens (tertiary/aromatic N) is 1. The van der Waals surface area contributed by atoms with Crippen molar-refractivity contribution in [2.24, 2.45) is 0 Å². The minimum absolute atomic E-state index is 0.158. The molecule has 0 aliphatic carbocycles. The molecule has 0 spiro atoms. The van der Waals surface area contributed by atoms with Crippen LogP contribution in [0.25, 0.3) is 6.08 Å².